The molecular formula is C14H25N3. The van der Waals surface area contributed by atoms with Crippen LogP contribution < -0.4 is 10.6 Å². The van der Waals surface area contributed by atoms with E-state index in [1.165, 1.54) is 11.1 Å². The van der Waals surface area contributed by atoms with E-state index >= 15 is 0 Å². The highest BCUT2D eigenvalue weighted by molar-refractivity contribution is 5.47. The van der Waals surface area contributed by atoms with Gasteiger partial charge in [0.1, 0.15) is 5.82 Å². The summed E-state index contributed by atoms with van der Waals surface area (Å²) in [6, 6.07) is 2.41. The lowest BCUT2D eigenvalue weighted by Crippen LogP contribution is -2.25. The minimum Gasteiger partial charge on any atom is -0.357 e. The number of rotatable bonds is 6. The lowest BCUT2D eigenvalue weighted by Gasteiger charge is -2.23. The molecule has 1 aromatic rings. The number of aryl methyl sites for hydroxylation is 1. The summed E-state index contributed by atoms with van der Waals surface area (Å²) in [4.78, 5) is 6.92. The number of nitrogens with two attached hydrogens (primary N) is 1. The summed E-state index contributed by atoms with van der Waals surface area (Å²) < 4.78 is 0. The van der Waals surface area contributed by atoms with Gasteiger partial charge in [-0.2, -0.15) is 0 Å². The van der Waals surface area contributed by atoms with Gasteiger partial charge in [-0.25, -0.2) is 4.98 Å². The van der Waals surface area contributed by atoms with Crippen LogP contribution in [0.25, 0.3) is 0 Å². The van der Waals surface area contributed by atoms with Crippen molar-refractivity contribution in [1.82, 2.24) is 4.98 Å². The number of pyridine rings is 1. The Balaban J connectivity index is 2.87. The molecule has 1 rings (SSSR count). The zero-order valence-corrected chi connectivity index (χ0v) is 11.5. The molecule has 1 aromatic heterocycles. The van der Waals surface area contributed by atoms with Crippen LogP contribution in [0.15, 0.2) is 12.3 Å². The molecule has 0 aliphatic carbocycles. The summed E-state index contributed by atoms with van der Waals surface area (Å²) in [6.07, 6.45) is 4.01. The molecule has 0 saturated carbocycles. The smallest absolute Gasteiger partial charge is 0.131 e. The highest BCUT2D eigenvalue weighted by Gasteiger charge is 2.09. The number of aromatic nitrogens is 1. The van der Waals surface area contributed by atoms with Crippen LogP contribution in [0.5, 0.6) is 0 Å². The zero-order valence-electron chi connectivity index (χ0n) is 11.5. The first-order valence-corrected chi connectivity index (χ1v) is 6.54. The van der Waals surface area contributed by atoms with Crippen molar-refractivity contribution in [1.29, 1.82) is 0 Å². The SMILES string of the molecule is CCCN(CC)c1ncc(CC(C)N)cc1C. The van der Waals surface area contributed by atoms with Crippen molar-refractivity contribution in [2.45, 2.75) is 46.6 Å². The maximum atomic E-state index is 5.81. The van der Waals surface area contributed by atoms with Crippen LogP contribution >= 0.6 is 0 Å². The van der Waals surface area contributed by atoms with E-state index in [1.54, 1.807) is 0 Å². The first kappa shape index (κ1) is 14.0. The summed E-state index contributed by atoms with van der Waals surface area (Å²) in [5, 5.41) is 0. The molecule has 0 radical (unpaired) electrons. The molecule has 0 aliphatic heterocycles. The molecule has 0 aromatic carbocycles. The van der Waals surface area contributed by atoms with Crippen molar-refractivity contribution in [2.75, 3.05) is 18.0 Å². The third-order valence-corrected chi connectivity index (χ3v) is 2.84. The van der Waals surface area contributed by atoms with Crippen molar-refractivity contribution < 1.29 is 0 Å². The van der Waals surface area contributed by atoms with Crippen LogP contribution in [0.2, 0.25) is 0 Å². The van der Waals surface area contributed by atoms with Gasteiger partial charge in [0.25, 0.3) is 0 Å². The van der Waals surface area contributed by atoms with Crippen molar-refractivity contribution in [3.8, 4) is 0 Å². The molecule has 2 N–H and O–H groups in total. The second-order valence-electron chi connectivity index (χ2n) is 4.75. The summed E-state index contributed by atoms with van der Waals surface area (Å²) in [5.41, 5.74) is 8.29. The quantitative estimate of drug-likeness (QED) is 0.824. The first-order chi connectivity index (χ1) is 8.08. The van der Waals surface area contributed by atoms with Gasteiger partial charge in [-0.3, -0.25) is 0 Å². The maximum absolute atomic E-state index is 5.81. The summed E-state index contributed by atoms with van der Waals surface area (Å²) in [6.45, 7) is 10.6. The lowest BCUT2D eigenvalue weighted by molar-refractivity contribution is 0.731. The molecule has 1 heterocycles. The van der Waals surface area contributed by atoms with Gasteiger partial charge in [-0.15, -0.1) is 0 Å². The molecule has 1 unspecified atom stereocenters. The van der Waals surface area contributed by atoms with E-state index in [0.29, 0.717) is 0 Å². The Hall–Kier alpha value is -1.09. The van der Waals surface area contributed by atoms with Gasteiger partial charge in [0.15, 0.2) is 0 Å². The van der Waals surface area contributed by atoms with Crippen molar-refractivity contribution in [3.05, 3.63) is 23.4 Å². The van der Waals surface area contributed by atoms with Crippen LogP contribution in [0.3, 0.4) is 0 Å². The second-order valence-corrected chi connectivity index (χ2v) is 4.75. The van der Waals surface area contributed by atoms with Crippen molar-refractivity contribution in [2.24, 2.45) is 5.73 Å². The fourth-order valence-corrected chi connectivity index (χ4v) is 2.12. The Morgan fingerprint density at radius 1 is 1.41 bits per heavy atom. The number of hydrogen-bond donors (Lipinski definition) is 1. The van der Waals surface area contributed by atoms with Gasteiger partial charge in [-0.05, 0) is 44.7 Å². The van der Waals surface area contributed by atoms with Gasteiger partial charge >= 0.3 is 0 Å². The van der Waals surface area contributed by atoms with Crippen LogP contribution in [-0.4, -0.2) is 24.1 Å². The van der Waals surface area contributed by atoms with Gasteiger partial charge < -0.3 is 10.6 Å². The van der Waals surface area contributed by atoms with Crippen LogP contribution in [0.4, 0.5) is 5.82 Å². The van der Waals surface area contributed by atoms with Crippen LogP contribution in [0.1, 0.15) is 38.3 Å². The molecule has 0 saturated heterocycles. The predicted molar refractivity (Wildman–Crippen MR) is 74.5 cm³/mol. The summed E-state index contributed by atoms with van der Waals surface area (Å²) in [5.74, 6) is 1.11. The number of hydrogen-bond acceptors (Lipinski definition) is 3. The third kappa shape index (κ3) is 4.00. The Bertz CT molecular complexity index is 347. The Morgan fingerprint density at radius 2 is 2.12 bits per heavy atom. The average Bonchev–Trinajstić information content (AvgIpc) is 2.26. The van der Waals surface area contributed by atoms with Gasteiger partial charge in [0.2, 0.25) is 0 Å². The second kappa shape index (κ2) is 6.60. The molecule has 3 heteroatoms. The van der Waals surface area contributed by atoms with E-state index in [2.05, 4.69) is 36.7 Å². The molecule has 3 nitrogen and oxygen atoms in total. The summed E-state index contributed by atoms with van der Waals surface area (Å²) >= 11 is 0. The van der Waals surface area contributed by atoms with Crippen molar-refractivity contribution >= 4 is 5.82 Å². The van der Waals surface area contributed by atoms with Crippen LogP contribution in [-0.2, 0) is 6.42 Å². The molecule has 1 atom stereocenters. The fraction of sp³-hybridized carbons (Fsp3) is 0.643. The van der Waals surface area contributed by atoms with E-state index in [1.807, 2.05) is 13.1 Å². The van der Waals surface area contributed by atoms with E-state index in [9.17, 15) is 0 Å². The molecule has 0 fully saturated rings. The minimum absolute atomic E-state index is 0.194. The largest absolute Gasteiger partial charge is 0.357 e. The van der Waals surface area contributed by atoms with E-state index in [0.717, 1.165) is 31.7 Å². The first-order valence-electron chi connectivity index (χ1n) is 6.54. The van der Waals surface area contributed by atoms with E-state index in [4.69, 9.17) is 5.73 Å². The molecular weight excluding hydrogens is 210 g/mol. The fourth-order valence-electron chi connectivity index (χ4n) is 2.12. The third-order valence-electron chi connectivity index (χ3n) is 2.84. The summed E-state index contributed by atoms with van der Waals surface area (Å²) in [7, 11) is 0. The molecule has 96 valence electrons. The molecule has 17 heavy (non-hydrogen) atoms. The molecule has 0 spiro atoms. The van der Waals surface area contributed by atoms with Gasteiger partial charge in [-0.1, -0.05) is 13.0 Å². The van der Waals surface area contributed by atoms with E-state index in [-0.39, 0.29) is 6.04 Å². The monoisotopic (exact) mass is 235 g/mol. The average molecular weight is 235 g/mol. The van der Waals surface area contributed by atoms with Crippen molar-refractivity contribution in [3.63, 3.8) is 0 Å². The standard InChI is InChI=1S/C14H25N3/c1-5-7-17(6-2)14-11(3)8-13(10-16-14)9-12(4)15/h8,10,12H,5-7,9,15H2,1-4H3. The zero-order chi connectivity index (χ0) is 12.8. The minimum atomic E-state index is 0.194. The Kier molecular flexibility index (Phi) is 5.42. The molecule has 0 bridgehead atoms. The van der Waals surface area contributed by atoms with Crippen LogP contribution in [0, 0.1) is 6.92 Å². The highest BCUT2D eigenvalue weighted by Crippen LogP contribution is 2.18. The lowest BCUT2D eigenvalue weighted by atomic mass is 10.1. The van der Waals surface area contributed by atoms with E-state index < -0.39 is 0 Å². The molecule has 0 amide bonds. The predicted octanol–water partition coefficient (Wildman–Crippen LogP) is 2.52. The molecule has 0 aliphatic rings. The number of anilines is 1. The highest BCUT2D eigenvalue weighted by atomic mass is 15.2. The number of nitrogens with zero attached hydrogens (tertiary/aromatic N) is 2. The normalized spacial score (nSPS) is 12.5. The van der Waals surface area contributed by atoms with Gasteiger partial charge in [0.05, 0.1) is 0 Å². The van der Waals surface area contributed by atoms with Gasteiger partial charge in [0, 0.05) is 25.3 Å². The Labute approximate surface area is 105 Å². The topological polar surface area (TPSA) is 42.2 Å². The Morgan fingerprint density at radius 3 is 2.59 bits per heavy atom. The maximum Gasteiger partial charge on any atom is 0.131 e.